The molecule has 0 aliphatic carbocycles. The van der Waals surface area contributed by atoms with Gasteiger partial charge in [-0.3, -0.25) is 0 Å². The van der Waals surface area contributed by atoms with Crippen LogP contribution in [0.4, 0.5) is 0 Å². The number of nitriles is 4. The molecule has 0 aliphatic heterocycles. The lowest BCUT2D eigenvalue weighted by molar-refractivity contribution is 0.916. The van der Waals surface area contributed by atoms with Crippen LogP contribution in [0, 0.1) is 45.3 Å². The maximum Gasteiger partial charge on any atom is 0.102 e. The first-order valence-corrected chi connectivity index (χ1v) is 5.03. The topological polar surface area (TPSA) is 95.2 Å². The van der Waals surface area contributed by atoms with Crippen molar-refractivity contribution in [3.63, 3.8) is 0 Å². The third kappa shape index (κ3) is 2.07. The van der Waals surface area contributed by atoms with E-state index in [2.05, 4.69) is 0 Å². The molecule has 17 heavy (non-hydrogen) atoms. The fraction of sp³-hybridized carbons (Fsp3) is 0.231. The van der Waals surface area contributed by atoms with Gasteiger partial charge in [0.15, 0.2) is 0 Å². The van der Waals surface area contributed by atoms with Gasteiger partial charge in [0, 0.05) is 0 Å². The first-order chi connectivity index (χ1) is 8.23. The van der Waals surface area contributed by atoms with Crippen LogP contribution in [0.25, 0.3) is 0 Å². The number of rotatable bonds is 2. The Morgan fingerprint density at radius 3 is 1.88 bits per heavy atom. The van der Waals surface area contributed by atoms with Crippen LogP contribution >= 0.6 is 0 Å². The molecular formula is C13H8N4. The Labute approximate surface area is 99.6 Å². The van der Waals surface area contributed by atoms with Gasteiger partial charge in [0.25, 0.3) is 0 Å². The second-order valence-electron chi connectivity index (χ2n) is 3.41. The molecule has 0 N–H and O–H groups in total. The van der Waals surface area contributed by atoms with E-state index in [1.54, 1.807) is 0 Å². The summed E-state index contributed by atoms with van der Waals surface area (Å²) in [6.45, 7) is 1.94. The zero-order chi connectivity index (χ0) is 12.8. The predicted octanol–water partition coefficient (Wildman–Crippen LogP) is 2.13. The van der Waals surface area contributed by atoms with Crippen molar-refractivity contribution in [3.05, 3.63) is 33.9 Å². The lowest BCUT2D eigenvalue weighted by atomic mass is 9.92. The average Bonchev–Trinajstić information content (AvgIpc) is 2.37. The molecular weight excluding hydrogens is 212 g/mol. The molecule has 0 atom stereocenters. The van der Waals surface area contributed by atoms with E-state index in [-0.39, 0.29) is 22.3 Å². The summed E-state index contributed by atoms with van der Waals surface area (Å²) in [4.78, 5) is 0. The molecule has 1 aromatic rings. The van der Waals surface area contributed by atoms with Crippen molar-refractivity contribution in [1.82, 2.24) is 0 Å². The zero-order valence-electron chi connectivity index (χ0n) is 9.28. The Morgan fingerprint density at radius 2 is 1.47 bits per heavy atom. The molecule has 0 saturated heterocycles. The van der Waals surface area contributed by atoms with Crippen molar-refractivity contribution in [2.24, 2.45) is 0 Å². The summed E-state index contributed by atoms with van der Waals surface area (Å²) in [6.07, 6.45) is 1.41. The second kappa shape index (κ2) is 5.32. The third-order valence-corrected chi connectivity index (χ3v) is 2.38. The average molecular weight is 220 g/mol. The molecule has 0 saturated carbocycles. The fourth-order valence-electron chi connectivity index (χ4n) is 1.65. The summed E-state index contributed by atoms with van der Waals surface area (Å²) in [5.74, 6) is 0. The van der Waals surface area contributed by atoms with Gasteiger partial charge in [0.2, 0.25) is 0 Å². The van der Waals surface area contributed by atoms with Gasteiger partial charge in [-0.2, -0.15) is 21.0 Å². The van der Waals surface area contributed by atoms with E-state index >= 15 is 0 Å². The largest absolute Gasteiger partial charge is 0.192 e. The van der Waals surface area contributed by atoms with Crippen molar-refractivity contribution < 1.29 is 0 Å². The number of hydrogen-bond donors (Lipinski definition) is 0. The van der Waals surface area contributed by atoms with E-state index in [4.69, 9.17) is 21.0 Å². The summed E-state index contributed by atoms with van der Waals surface area (Å²) < 4.78 is 0. The van der Waals surface area contributed by atoms with E-state index in [1.165, 1.54) is 6.07 Å². The summed E-state index contributed by atoms with van der Waals surface area (Å²) >= 11 is 0. The molecule has 0 heterocycles. The smallest absolute Gasteiger partial charge is 0.102 e. The van der Waals surface area contributed by atoms with Gasteiger partial charge in [-0.05, 0) is 18.1 Å². The van der Waals surface area contributed by atoms with E-state index in [1.807, 2.05) is 31.2 Å². The Morgan fingerprint density at radius 1 is 0.882 bits per heavy atom. The number of benzene rings is 1. The second-order valence-corrected chi connectivity index (χ2v) is 3.41. The first-order valence-electron chi connectivity index (χ1n) is 5.03. The number of nitrogens with zero attached hydrogens (tertiary/aromatic N) is 4. The van der Waals surface area contributed by atoms with Crippen LogP contribution in [0.1, 0.15) is 41.2 Å². The molecule has 0 aromatic heterocycles. The molecule has 0 spiro atoms. The molecule has 4 heteroatoms. The highest BCUT2D eigenvalue weighted by Gasteiger charge is 2.17. The van der Waals surface area contributed by atoms with Crippen molar-refractivity contribution in [2.75, 3.05) is 0 Å². The van der Waals surface area contributed by atoms with Crippen LogP contribution < -0.4 is 0 Å². The van der Waals surface area contributed by atoms with Gasteiger partial charge in [-0.25, -0.2) is 0 Å². The molecule has 80 valence electrons. The Bertz CT molecular complexity index is 615. The molecule has 0 aliphatic rings. The van der Waals surface area contributed by atoms with E-state index in [9.17, 15) is 0 Å². The molecule has 0 unspecified atom stereocenters. The summed E-state index contributed by atoms with van der Waals surface area (Å²) in [5.41, 5.74) is 1.03. The van der Waals surface area contributed by atoms with Gasteiger partial charge in [0.05, 0.1) is 22.3 Å². The maximum absolute atomic E-state index is 9.05. The normalized spacial score (nSPS) is 8.53. The van der Waals surface area contributed by atoms with Crippen molar-refractivity contribution >= 4 is 0 Å². The Balaban J connectivity index is 3.73. The van der Waals surface area contributed by atoms with E-state index < -0.39 is 0 Å². The van der Waals surface area contributed by atoms with Crippen LogP contribution in [0.15, 0.2) is 6.07 Å². The van der Waals surface area contributed by atoms with Crippen LogP contribution in [0.2, 0.25) is 0 Å². The molecule has 1 rings (SSSR count). The van der Waals surface area contributed by atoms with Crippen molar-refractivity contribution in [3.8, 4) is 24.3 Å². The summed E-state index contributed by atoms with van der Waals surface area (Å²) in [7, 11) is 0. The fourth-order valence-corrected chi connectivity index (χ4v) is 1.65. The quantitative estimate of drug-likeness (QED) is 0.762. The first kappa shape index (κ1) is 12.3. The predicted molar refractivity (Wildman–Crippen MR) is 59.3 cm³/mol. The third-order valence-electron chi connectivity index (χ3n) is 2.38. The van der Waals surface area contributed by atoms with Gasteiger partial charge < -0.3 is 0 Å². The minimum Gasteiger partial charge on any atom is -0.192 e. The summed E-state index contributed by atoms with van der Waals surface area (Å²) in [5, 5.41) is 35.9. The highest BCUT2D eigenvalue weighted by molar-refractivity contribution is 5.64. The maximum atomic E-state index is 9.05. The SMILES string of the molecule is CCCc1cc(C#N)c(C#N)c(C#N)c1C#N. The van der Waals surface area contributed by atoms with Crippen molar-refractivity contribution in [2.45, 2.75) is 19.8 Å². The molecule has 1 aromatic carbocycles. The molecule has 0 bridgehead atoms. The van der Waals surface area contributed by atoms with E-state index in [0.717, 1.165) is 6.42 Å². The minimum atomic E-state index is -0.00796. The number of hydrogen-bond acceptors (Lipinski definition) is 4. The zero-order valence-corrected chi connectivity index (χ0v) is 9.28. The molecule has 0 radical (unpaired) electrons. The standard InChI is InChI=1S/C13H8N4/c1-2-3-9-4-10(5-14)12(7-16)13(8-17)11(9)6-15/h4H,2-3H2,1H3. The van der Waals surface area contributed by atoms with Crippen LogP contribution in [-0.2, 0) is 6.42 Å². The van der Waals surface area contributed by atoms with E-state index in [0.29, 0.717) is 12.0 Å². The Hall–Kier alpha value is -2.82. The molecule has 0 amide bonds. The molecule has 0 fully saturated rings. The molecule has 4 nitrogen and oxygen atoms in total. The van der Waals surface area contributed by atoms with Gasteiger partial charge in [-0.1, -0.05) is 13.3 Å². The lowest BCUT2D eigenvalue weighted by Gasteiger charge is -2.07. The van der Waals surface area contributed by atoms with Gasteiger partial charge >= 0.3 is 0 Å². The Kier molecular flexibility index (Phi) is 3.83. The van der Waals surface area contributed by atoms with Crippen molar-refractivity contribution in [1.29, 1.82) is 21.0 Å². The van der Waals surface area contributed by atoms with Gasteiger partial charge in [-0.15, -0.1) is 0 Å². The summed E-state index contributed by atoms with van der Waals surface area (Å²) in [6, 6.07) is 9.02. The highest BCUT2D eigenvalue weighted by atomic mass is 14.3. The van der Waals surface area contributed by atoms with Crippen LogP contribution in [0.3, 0.4) is 0 Å². The lowest BCUT2D eigenvalue weighted by Crippen LogP contribution is -2.00. The highest BCUT2D eigenvalue weighted by Crippen LogP contribution is 2.22. The van der Waals surface area contributed by atoms with Crippen LogP contribution in [0.5, 0.6) is 0 Å². The van der Waals surface area contributed by atoms with Crippen LogP contribution in [-0.4, -0.2) is 0 Å². The monoisotopic (exact) mass is 220 g/mol. The minimum absolute atomic E-state index is 0.00796. The number of aryl methyl sites for hydroxylation is 1. The van der Waals surface area contributed by atoms with Gasteiger partial charge in [0.1, 0.15) is 24.3 Å².